The summed E-state index contributed by atoms with van der Waals surface area (Å²) in [5, 5.41) is 0. The van der Waals surface area contributed by atoms with Crippen molar-refractivity contribution in [2.24, 2.45) is 0 Å². The van der Waals surface area contributed by atoms with Crippen molar-refractivity contribution < 1.29 is 39.8 Å². The minimum absolute atomic E-state index is 0. The van der Waals surface area contributed by atoms with Crippen molar-refractivity contribution in [1.29, 1.82) is 0 Å². The van der Waals surface area contributed by atoms with Crippen LogP contribution in [0.15, 0.2) is 24.6 Å². The maximum atomic E-state index is 11.0. The van der Waals surface area contributed by atoms with Crippen LogP contribution in [0.4, 0.5) is 39.8 Å². The van der Waals surface area contributed by atoms with E-state index >= 15 is 0 Å². The van der Waals surface area contributed by atoms with E-state index in [1.54, 1.807) is 0 Å². The molecule has 0 unspecified atom stereocenters. The minimum Gasteiger partial charge on any atom is -0.269 e. The molecule has 0 saturated heterocycles. The van der Waals surface area contributed by atoms with Crippen molar-refractivity contribution in [3.63, 3.8) is 0 Å². The monoisotopic (exact) mass is 234 g/mol. The molecule has 0 aromatic heterocycles. The van der Waals surface area contributed by atoms with Crippen molar-refractivity contribution in [3.05, 3.63) is 24.6 Å². The fourth-order valence-electron chi connectivity index (χ4n) is 0.107. The molecular weight excluding hydrogens is 231 g/mol. The van der Waals surface area contributed by atoms with Crippen LogP contribution in [-0.4, -0.2) is 6.18 Å². The molecule has 0 amide bonds. The maximum absolute atomic E-state index is 11.0. The number of alkyl halides is 3. The van der Waals surface area contributed by atoms with Gasteiger partial charge in [-0.15, -0.1) is 0 Å². The van der Waals surface area contributed by atoms with Crippen LogP contribution in [-0.2, 0) is 0 Å². The predicted molar refractivity (Wildman–Crippen MR) is 30.3 cm³/mol. The fourth-order valence-corrected chi connectivity index (χ4v) is 0.107. The Labute approximate surface area is 71.9 Å². The molecule has 0 saturated carbocycles. The van der Waals surface area contributed by atoms with Crippen molar-refractivity contribution in [1.82, 2.24) is 0 Å². The highest BCUT2D eigenvalue weighted by atomic mass is 19.4. The molecule has 0 aliphatic carbocycles. The lowest BCUT2D eigenvalue weighted by atomic mass is 10.6. The van der Waals surface area contributed by atoms with E-state index in [9.17, 15) is 35.1 Å². The van der Waals surface area contributed by atoms with E-state index in [0.29, 0.717) is 0 Å². The molecule has 0 fully saturated rings. The molecule has 14 heavy (non-hydrogen) atoms. The Morgan fingerprint density at radius 1 is 0.857 bits per heavy atom. The topological polar surface area (TPSA) is 0 Å². The number of halogens is 9. The van der Waals surface area contributed by atoms with Gasteiger partial charge in [0.2, 0.25) is 0 Å². The normalized spacial score (nSPS) is 9.14. The molecule has 0 aromatic rings. The zero-order valence-electron chi connectivity index (χ0n) is 6.14. The van der Waals surface area contributed by atoms with Gasteiger partial charge in [-0.3, -0.25) is 4.70 Å². The van der Waals surface area contributed by atoms with E-state index in [1.807, 2.05) is 0 Å². The molecule has 0 bridgehead atoms. The van der Waals surface area contributed by atoms with E-state index in [0.717, 1.165) is 0 Å². The SMILES string of the molecule is C=C(F)F.F.FC(F)=C(F)C(F)(F)F. The average molecular weight is 234 g/mol. The Hall–Kier alpha value is -1.15. The number of hydrogen-bond acceptors (Lipinski definition) is 0. The lowest BCUT2D eigenvalue weighted by Gasteiger charge is -1.98. The third kappa shape index (κ3) is 13.4. The van der Waals surface area contributed by atoms with Gasteiger partial charge in [-0.25, -0.2) is 0 Å². The van der Waals surface area contributed by atoms with Crippen LogP contribution in [0.2, 0.25) is 0 Å². The molecule has 0 radical (unpaired) electrons. The molecule has 0 rings (SSSR count). The highest BCUT2D eigenvalue weighted by molar-refractivity contribution is 4.98. The van der Waals surface area contributed by atoms with Crippen LogP contribution in [0.25, 0.3) is 0 Å². The van der Waals surface area contributed by atoms with Gasteiger partial charge in [0.1, 0.15) is 0 Å². The number of allylic oxidation sites excluding steroid dienone is 1. The summed E-state index contributed by atoms with van der Waals surface area (Å²) in [5.74, 6) is -3.33. The van der Waals surface area contributed by atoms with Crippen molar-refractivity contribution in [2.45, 2.75) is 6.18 Å². The van der Waals surface area contributed by atoms with Crippen LogP contribution >= 0.6 is 0 Å². The first kappa shape index (κ1) is 18.6. The van der Waals surface area contributed by atoms with E-state index in [4.69, 9.17) is 0 Å². The summed E-state index contributed by atoms with van der Waals surface area (Å²) >= 11 is 0. The fraction of sp³-hybridized carbons (Fsp3) is 0.200. The van der Waals surface area contributed by atoms with Gasteiger partial charge in [0.25, 0.3) is 11.9 Å². The van der Waals surface area contributed by atoms with Crippen molar-refractivity contribution >= 4 is 0 Å². The molecule has 0 atom stereocenters. The molecular formula is C5H3F9. The van der Waals surface area contributed by atoms with Gasteiger partial charge in [0.05, 0.1) is 0 Å². The summed E-state index contributed by atoms with van der Waals surface area (Å²) in [7, 11) is 0. The molecule has 0 N–H and O–H groups in total. The Balaban J connectivity index is -0.000000209. The standard InChI is InChI=1S/C3F6.C2H2F2.FH/c4-1(2(5)6)3(7,8)9;1-2(3)4;/h;1H2;1H. The van der Waals surface area contributed by atoms with Crippen LogP contribution in [0, 0.1) is 0 Å². The zero-order chi connectivity index (χ0) is 11.2. The summed E-state index contributed by atoms with van der Waals surface area (Å²) in [5.41, 5.74) is 0. The van der Waals surface area contributed by atoms with Gasteiger partial charge in [-0.2, -0.15) is 35.1 Å². The summed E-state index contributed by atoms with van der Waals surface area (Å²) in [6, 6.07) is 0. The van der Waals surface area contributed by atoms with Crippen molar-refractivity contribution in [2.75, 3.05) is 0 Å². The third-order valence-corrected chi connectivity index (χ3v) is 0.415. The summed E-state index contributed by atoms with van der Waals surface area (Å²) < 4.78 is 85.1. The van der Waals surface area contributed by atoms with E-state index in [1.165, 1.54) is 0 Å². The Morgan fingerprint density at radius 2 is 1.07 bits per heavy atom. The molecule has 0 aliphatic rings. The number of hydrogen-bond donors (Lipinski definition) is 0. The second-order valence-electron chi connectivity index (χ2n) is 1.41. The smallest absolute Gasteiger partial charge is 0.269 e. The van der Waals surface area contributed by atoms with Gasteiger partial charge < -0.3 is 0 Å². The van der Waals surface area contributed by atoms with Gasteiger partial charge >= 0.3 is 12.3 Å². The second-order valence-corrected chi connectivity index (χ2v) is 1.41. The summed E-state index contributed by atoms with van der Waals surface area (Å²) in [6.07, 6.45) is -10.7. The quantitative estimate of drug-likeness (QED) is 0.551. The summed E-state index contributed by atoms with van der Waals surface area (Å²) in [4.78, 5) is 0. The van der Waals surface area contributed by atoms with Gasteiger partial charge in [0, 0.05) is 0 Å². The Morgan fingerprint density at radius 3 is 1.07 bits per heavy atom. The lowest BCUT2D eigenvalue weighted by molar-refractivity contribution is -0.113. The van der Waals surface area contributed by atoms with Crippen molar-refractivity contribution in [3.8, 4) is 0 Å². The third-order valence-electron chi connectivity index (χ3n) is 0.415. The van der Waals surface area contributed by atoms with E-state index in [2.05, 4.69) is 6.58 Å². The zero-order valence-corrected chi connectivity index (χ0v) is 6.14. The van der Waals surface area contributed by atoms with Crippen LogP contribution in [0.5, 0.6) is 0 Å². The molecule has 0 aliphatic heterocycles. The molecule has 9 heteroatoms. The lowest BCUT2D eigenvalue weighted by Crippen LogP contribution is -2.08. The first-order valence-corrected chi connectivity index (χ1v) is 2.37. The second kappa shape index (κ2) is 7.27. The average Bonchev–Trinajstić information content (AvgIpc) is 1.82. The van der Waals surface area contributed by atoms with Gasteiger partial charge in [-0.1, -0.05) is 0 Å². The van der Waals surface area contributed by atoms with Gasteiger partial charge in [0.15, 0.2) is 0 Å². The molecule has 0 spiro atoms. The van der Waals surface area contributed by atoms with Crippen LogP contribution in [0.3, 0.4) is 0 Å². The first-order chi connectivity index (χ1) is 5.59. The van der Waals surface area contributed by atoms with Crippen LogP contribution in [0.1, 0.15) is 0 Å². The highest BCUT2D eigenvalue weighted by Gasteiger charge is 2.38. The first-order valence-electron chi connectivity index (χ1n) is 2.37. The molecule has 0 aromatic carbocycles. The van der Waals surface area contributed by atoms with E-state index in [-0.39, 0.29) is 4.70 Å². The predicted octanol–water partition coefficient (Wildman–Crippen LogP) is 4.18. The van der Waals surface area contributed by atoms with Crippen LogP contribution < -0.4 is 0 Å². The maximum Gasteiger partial charge on any atom is 0.448 e. The molecule has 0 heterocycles. The molecule has 86 valence electrons. The summed E-state index contributed by atoms with van der Waals surface area (Å²) in [6.45, 7) is 2.22. The van der Waals surface area contributed by atoms with Gasteiger partial charge in [-0.05, 0) is 6.58 Å². The largest absolute Gasteiger partial charge is 0.448 e. The Bertz CT molecular complexity index is 192. The number of rotatable bonds is 0. The Kier molecular flexibility index (Phi) is 9.66. The highest BCUT2D eigenvalue weighted by Crippen LogP contribution is 2.29. The minimum atomic E-state index is -5.56. The molecule has 0 nitrogen and oxygen atoms in total. The van der Waals surface area contributed by atoms with E-state index < -0.39 is 24.2 Å².